The summed E-state index contributed by atoms with van der Waals surface area (Å²) in [5, 5.41) is 20.4. The molecule has 0 saturated carbocycles. The lowest BCUT2D eigenvalue weighted by molar-refractivity contribution is 0.171. The van der Waals surface area contributed by atoms with Crippen LogP contribution in [0.2, 0.25) is 0 Å². The molecule has 2 amide bonds. The van der Waals surface area contributed by atoms with Crippen molar-refractivity contribution in [2.45, 2.75) is 96.4 Å². The first-order chi connectivity index (χ1) is 26.6. The van der Waals surface area contributed by atoms with Crippen molar-refractivity contribution in [3.63, 3.8) is 0 Å². The normalized spacial score (nSPS) is 21.3. The molecule has 2 aromatic carbocycles. The fourth-order valence-electron chi connectivity index (χ4n) is 8.31. The van der Waals surface area contributed by atoms with Gasteiger partial charge in [-0.05, 0) is 107 Å². The van der Waals surface area contributed by atoms with Gasteiger partial charge in [0.15, 0.2) is 5.65 Å². The highest BCUT2D eigenvalue weighted by Crippen LogP contribution is 2.39. The van der Waals surface area contributed by atoms with Crippen LogP contribution in [0.5, 0.6) is 5.75 Å². The van der Waals surface area contributed by atoms with Gasteiger partial charge in [0, 0.05) is 46.6 Å². The maximum absolute atomic E-state index is 13.8. The van der Waals surface area contributed by atoms with Crippen molar-refractivity contribution in [3.05, 3.63) is 95.3 Å². The molecular formula is C43H60N10O2. The molecule has 2 fully saturated rings. The van der Waals surface area contributed by atoms with Crippen LogP contribution in [0, 0.1) is 0 Å². The van der Waals surface area contributed by atoms with E-state index in [1.54, 1.807) is 0 Å². The molecule has 3 aliphatic rings. The number of aromatic nitrogens is 5. The third kappa shape index (κ3) is 8.21. The number of nitrogens with one attached hydrogen (secondary N) is 2. The molecule has 0 radical (unpaired) electrons. The zero-order valence-electron chi connectivity index (χ0n) is 33.0. The Labute approximate surface area is 327 Å². The van der Waals surface area contributed by atoms with Gasteiger partial charge in [0.2, 0.25) is 5.95 Å². The number of hydrogen-bond donors (Lipinski definition) is 2. The van der Waals surface area contributed by atoms with Crippen molar-refractivity contribution >= 4 is 23.4 Å². The average Bonchev–Trinajstić information content (AvgIpc) is 3.73. The van der Waals surface area contributed by atoms with E-state index in [2.05, 4.69) is 111 Å². The van der Waals surface area contributed by atoms with Gasteiger partial charge in [-0.3, -0.25) is 14.6 Å². The molecule has 0 spiro atoms. The molecule has 1 aliphatic carbocycles. The van der Waals surface area contributed by atoms with E-state index >= 15 is 0 Å². The summed E-state index contributed by atoms with van der Waals surface area (Å²) in [5.41, 5.74) is 5.86. The van der Waals surface area contributed by atoms with Crippen molar-refractivity contribution in [3.8, 4) is 11.4 Å². The number of likely N-dealkylation sites (N-methyl/N-ethyl adjacent to an activating group) is 1. The van der Waals surface area contributed by atoms with Crippen LogP contribution in [0.4, 0.5) is 16.6 Å². The van der Waals surface area contributed by atoms with Gasteiger partial charge in [0.25, 0.3) is 0 Å². The molecule has 12 heteroatoms. The van der Waals surface area contributed by atoms with Crippen molar-refractivity contribution in [1.82, 2.24) is 39.5 Å². The highest BCUT2D eigenvalue weighted by molar-refractivity contribution is 5.89. The Bertz CT molecular complexity index is 2110. The Morgan fingerprint density at radius 3 is 2.51 bits per heavy atom. The molecule has 0 unspecified atom stereocenters. The van der Waals surface area contributed by atoms with Crippen LogP contribution < -0.4 is 20.3 Å². The molecule has 5 heterocycles. The van der Waals surface area contributed by atoms with Crippen molar-refractivity contribution in [2.24, 2.45) is 0 Å². The van der Waals surface area contributed by atoms with Crippen molar-refractivity contribution in [2.75, 3.05) is 50.0 Å². The predicted molar refractivity (Wildman–Crippen MR) is 221 cm³/mol. The van der Waals surface area contributed by atoms with Gasteiger partial charge in [-0.25, -0.2) is 9.48 Å². The number of carbonyl (C=O) groups is 1. The summed E-state index contributed by atoms with van der Waals surface area (Å²) in [4.78, 5) is 21.1. The van der Waals surface area contributed by atoms with Gasteiger partial charge in [-0.1, -0.05) is 57.2 Å². The van der Waals surface area contributed by atoms with Crippen LogP contribution in [0.15, 0.2) is 72.9 Å². The van der Waals surface area contributed by atoms with E-state index in [0.717, 1.165) is 105 Å². The topological polar surface area (TPSA) is 108 Å². The quantitative estimate of drug-likeness (QED) is 0.165. The van der Waals surface area contributed by atoms with Gasteiger partial charge >= 0.3 is 6.03 Å². The Balaban J connectivity index is 0.00000275. The van der Waals surface area contributed by atoms with E-state index in [1.165, 1.54) is 18.4 Å². The highest BCUT2D eigenvalue weighted by atomic mass is 16.5. The number of nitrogens with zero attached hydrogens (tertiary/aromatic N) is 8. The smallest absolute Gasteiger partial charge is 0.320 e. The summed E-state index contributed by atoms with van der Waals surface area (Å²) in [5.74, 6) is 2.28. The zero-order chi connectivity index (χ0) is 38.1. The Morgan fingerprint density at radius 1 is 0.891 bits per heavy atom. The average molecular weight is 749 g/mol. The summed E-state index contributed by atoms with van der Waals surface area (Å²) < 4.78 is 10.6. The fourth-order valence-corrected chi connectivity index (χ4v) is 8.31. The van der Waals surface area contributed by atoms with Crippen LogP contribution >= 0.6 is 0 Å². The van der Waals surface area contributed by atoms with Crippen LogP contribution in [0.3, 0.4) is 0 Å². The number of hydrogen-bond acceptors (Lipinski definition) is 8. The second-order valence-electron chi connectivity index (χ2n) is 16.8. The lowest BCUT2D eigenvalue weighted by Gasteiger charge is -2.33. The summed E-state index contributed by atoms with van der Waals surface area (Å²) in [6.07, 6.45) is 8.12. The summed E-state index contributed by atoms with van der Waals surface area (Å²) in [6, 6.07) is 22.8. The molecule has 294 valence electrons. The first kappa shape index (κ1) is 37.0. The molecule has 0 bridgehead atoms. The number of benzene rings is 2. The number of pyridine rings is 1. The van der Waals surface area contributed by atoms with Gasteiger partial charge in [-0.15, -0.1) is 10.2 Å². The van der Waals surface area contributed by atoms with Crippen molar-refractivity contribution in [1.29, 1.82) is 0 Å². The molecule has 5 aromatic rings. The van der Waals surface area contributed by atoms with E-state index in [4.69, 9.17) is 9.84 Å². The zero-order valence-corrected chi connectivity index (χ0v) is 33.0. The second-order valence-corrected chi connectivity index (χ2v) is 16.8. The van der Waals surface area contributed by atoms with Crippen LogP contribution in [0.25, 0.3) is 11.3 Å². The molecular weight excluding hydrogens is 689 g/mol. The predicted octanol–water partition coefficient (Wildman–Crippen LogP) is 8.00. The third-order valence-corrected chi connectivity index (χ3v) is 11.6. The monoisotopic (exact) mass is 748 g/mol. The molecule has 2 aliphatic heterocycles. The van der Waals surface area contributed by atoms with Crippen molar-refractivity contribution < 1.29 is 12.4 Å². The number of carbonyl (C=O) groups excluding carboxylic acids is 1. The summed E-state index contributed by atoms with van der Waals surface area (Å²) >= 11 is 0. The first-order valence-electron chi connectivity index (χ1n) is 20.1. The maximum Gasteiger partial charge on any atom is 0.320 e. The van der Waals surface area contributed by atoms with Crippen LogP contribution in [-0.2, 0) is 12.0 Å². The largest absolute Gasteiger partial charge is 0.484 e. The molecule has 2 N–H and O–H groups in total. The minimum absolute atomic E-state index is 0. The number of rotatable bonds is 8. The summed E-state index contributed by atoms with van der Waals surface area (Å²) in [7, 11) is 2.20. The number of amides is 2. The number of fused-ring (bicyclic) bond motifs is 2. The minimum atomic E-state index is -0.263. The number of ether oxygens (including phenoxy) is 1. The standard InChI is InChI=1S/C43H56N10O2.2H2/c1-30-11-8-9-24-51(30)42-47-46-39-21-18-33(29-52(39)42)55-37-20-19-36(34-12-6-7-13-35(34)37)44-41(54)45-40-27-38(43(2,3)4)48-53(40)32-16-14-31(15-17-32)28-50-23-10-22-49(5)25-26-50;;/h6-7,12-18,21,27,29-30,36-37H,8-11,19-20,22-26,28H2,1-5H3,(H2,44,45,54);2*1H/t30-,36-,37+;;/m0../s1. The van der Waals surface area contributed by atoms with Crippen LogP contribution in [-0.4, -0.2) is 86.0 Å². The van der Waals surface area contributed by atoms with E-state index < -0.39 is 0 Å². The highest BCUT2D eigenvalue weighted by Gasteiger charge is 2.31. The molecule has 3 atom stereocenters. The fraction of sp³-hybridized carbons (Fsp3) is 0.488. The Hall–Kier alpha value is -4.94. The molecule has 8 rings (SSSR count). The second kappa shape index (κ2) is 15.7. The maximum atomic E-state index is 13.8. The molecule has 55 heavy (non-hydrogen) atoms. The minimum Gasteiger partial charge on any atom is -0.484 e. The first-order valence-corrected chi connectivity index (χ1v) is 20.1. The summed E-state index contributed by atoms with van der Waals surface area (Å²) in [6.45, 7) is 15.0. The van der Waals surface area contributed by atoms with E-state index in [9.17, 15) is 4.79 Å². The lowest BCUT2D eigenvalue weighted by atomic mass is 9.85. The van der Waals surface area contributed by atoms with E-state index in [1.807, 2.05) is 41.2 Å². The Kier molecular flexibility index (Phi) is 10.5. The van der Waals surface area contributed by atoms with Gasteiger partial charge in [0.1, 0.15) is 17.7 Å². The number of piperidine rings is 1. The van der Waals surface area contributed by atoms with E-state index in [-0.39, 0.29) is 26.4 Å². The number of urea groups is 1. The lowest BCUT2D eigenvalue weighted by Crippen LogP contribution is -2.38. The van der Waals surface area contributed by atoms with Gasteiger partial charge in [-0.2, -0.15) is 5.10 Å². The molecule has 2 saturated heterocycles. The Morgan fingerprint density at radius 2 is 1.71 bits per heavy atom. The SMILES string of the molecule is C[C@H]1CCCCN1c1nnc2ccc(O[C@@H]3CC[C@H](NC(=O)Nc4cc(C(C)(C)C)nn4-c4ccc(CN5CCCN(C)CC5)cc4)c4ccccc43)cn12.[HH].[HH]. The number of anilines is 2. The molecule has 3 aromatic heterocycles. The molecule has 12 nitrogen and oxygen atoms in total. The van der Waals surface area contributed by atoms with Gasteiger partial charge in [0.05, 0.1) is 23.6 Å². The van der Waals surface area contributed by atoms with Gasteiger partial charge < -0.3 is 19.9 Å². The van der Waals surface area contributed by atoms with Crippen LogP contribution in [0.1, 0.15) is 104 Å². The third-order valence-electron chi connectivity index (χ3n) is 11.6. The van der Waals surface area contributed by atoms with E-state index in [0.29, 0.717) is 11.9 Å².